The van der Waals surface area contributed by atoms with Crippen LogP contribution in [0, 0.1) is 0 Å². The van der Waals surface area contributed by atoms with Crippen LogP contribution in [0.15, 0.2) is 73.3 Å². The third-order valence-electron chi connectivity index (χ3n) is 5.59. The number of carbonyl (C=O) groups excluding carboxylic acids is 2. The van der Waals surface area contributed by atoms with Gasteiger partial charge in [0.25, 0.3) is 11.8 Å². The first-order chi connectivity index (χ1) is 15.6. The smallest absolute Gasteiger partial charge is 0.255 e. The van der Waals surface area contributed by atoms with Crippen molar-refractivity contribution in [2.24, 2.45) is 0 Å². The van der Waals surface area contributed by atoms with Gasteiger partial charge in [0.15, 0.2) is 5.60 Å². The van der Waals surface area contributed by atoms with E-state index in [0.29, 0.717) is 25.1 Å². The fourth-order valence-corrected chi connectivity index (χ4v) is 3.96. The topological polar surface area (TPSA) is 84.4 Å². The average Bonchev–Trinajstić information content (AvgIpc) is 2.85. The number of amides is 2. The molecular formula is C25H26N4O3. The zero-order valence-corrected chi connectivity index (χ0v) is 18.0. The van der Waals surface area contributed by atoms with Crippen LogP contribution >= 0.6 is 0 Å². The van der Waals surface area contributed by atoms with E-state index in [1.54, 1.807) is 41.8 Å². The van der Waals surface area contributed by atoms with Gasteiger partial charge in [-0.25, -0.2) is 0 Å². The van der Waals surface area contributed by atoms with Crippen molar-refractivity contribution in [3.63, 3.8) is 0 Å². The van der Waals surface area contributed by atoms with Crippen LogP contribution in [-0.2, 0) is 16.0 Å². The highest BCUT2D eigenvalue weighted by atomic mass is 16.5. The van der Waals surface area contributed by atoms with Crippen LogP contribution in [0.2, 0.25) is 0 Å². The maximum atomic E-state index is 13.1. The minimum absolute atomic E-state index is 0.150. The van der Waals surface area contributed by atoms with Crippen LogP contribution in [-0.4, -0.2) is 58.5 Å². The van der Waals surface area contributed by atoms with E-state index in [1.165, 1.54) is 0 Å². The van der Waals surface area contributed by atoms with Gasteiger partial charge in [-0.2, -0.15) is 0 Å². The number of hydrogen-bond donors (Lipinski definition) is 1. The average molecular weight is 431 g/mol. The molecule has 3 heterocycles. The van der Waals surface area contributed by atoms with Crippen molar-refractivity contribution in [1.82, 2.24) is 20.2 Å². The summed E-state index contributed by atoms with van der Waals surface area (Å²) in [6.45, 7) is 3.25. The Bertz CT molecular complexity index is 1060. The van der Waals surface area contributed by atoms with Gasteiger partial charge in [0, 0.05) is 44.3 Å². The number of pyridine rings is 2. The van der Waals surface area contributed by atoms with Gasteiger partial charge in [0.2, 0.25) is 0 Å². The van der Waals surface area contributed by atoms with Gasteiger partial charge in [0.1, 0.15) is 0 Å². The highest BCUT2D eigenvalue weighted by Crippen LogP contribution is 2.27. The Kier molecular flexibility index (Phi) is 6.56. The summed E-state index contributed by atoms with van der Waals surface area (Å²) in [4.78, 5) is 35.9. The van der Waals surface area contributed by atoms with Crippen molar-refractivity contribution in [3.05, 3.63) is 84.4 Å². The zero-order valence-electron chi connectivity index (χ0n) is 18.0. The largest absolute Gasteiger partial charge is 0.361 e. The SMILES string of the molecule is CCNC(=O)[C@]1(Cc2ccc(-c3ccncc3)cc2)CN(C(=O)c2cccnc2)CCO1. The van der Waals surface area contributed by atoms with E-state index >= 15 is 0 Å². The van der Waals surface area contributed by atoms with E-state index in [2.05, 4.69) is 15.3 Å². The molecule has 164 valence electrons. The molecule has 32 heavy (non-hydrogen) atoms. The maximum Gasteiger partial charge on any atom is 0.255 e. The molecule has 0 unspecified atom stereocenters. The lowest BCUT2D eigenvalue weighted by Crippen LogP contribution is -2.62. The van der Waals surface area contributed by atoms with Gasteiger partial charge < -0.3 is 15.0 Å². The molecule has 7 heteroatoms. The molecule has 3 aromatic rings. The Morgan fingerprint density at radius 3 is 2.47 bits per heavy atom. The number of nitrogens with zero attached hydrogens (tertiary/aromatic N) is 3. The van der Waals surface area contributed by atoms with Crippen molar-refractivity contribution >= 4 is 11.8 Å². The molecule has 7 nitrogen and oxygen atoms in total. The second kappa shape index (κ2) is 9.70. The second-order valence-electron chi connectivity index (χ2n) is 7.78. The third kappa shape index (κ3) is 4.68. The predicted molar refractivity (Wildman–Crippen MR) is 121 cm³/mol. The number of aromatic nitrogens is 2. The lowest BCUT2D eigenvalue weighted by Gasteiger charge is -2.41. The molecule has 1 fully saturated rings. The second-order valence-corrected chi connectivity index (χ2v) is 7.78. The molecule has 1 atom stereocenters. The lowest BCUT2D eigenvalue weighted by atomic mass is 9.90. The summed E-state index contributed by atoms with van der Waals surface area (Å²) < 4.78 is 6.09. The van der Waals surface area contributed by atoms with E-state index in [1.807, 2.05) is 43.3 Å². The molecule has 2 aromatic heterocycles. The number of hydrogen-bond acceptors (Lipinski definition) is 5. The van der Waals surface area contributed by atoms with Crippen LogP contribution in [0.4, 0.5) is 0 Å². The van der Waals surface area contributed by atoms with Gasteiger partial charge in [-0.05, 0) is 47.9 Å². The third-order valence-corrected chi connectivity index (χ3v) is 5.59. The molecule has 0 spiro atoms. The van der Waals surface area contributed by atoms with Gasteiger partial charge in [-0.15, -0.1) is 0 Å². The monoisotopic (exact) mass is 430 g/mol. The van der Waals surface area contributed by atoms with Crippen LogP contribution in [0.25, 0.3) is 11.1 Å². The number of ether oxygens (including phenoxy) is 1. The standard InChI is InChI=1S/C25H26N4O3/c1-2-28-24(31)25(16-19-5-7-20(8-6-19)21-9-12-26-13-10-21)18-29(14-15-32-25)23(30)22-4-3-11-27-17-22/h3-13,17H,2,14-16,18H2,1H3,(H,28,31)/t25-/m0/s1. The minimum atomic E-state index is -1.15. The van der Waals surface area contributed by atoms with E-state index < -0.39 is 5.60 Å². The molecule has 1 N–H and O–H groups in total. The Hall–Kier alpha value is -3.58. The Morgan fingerprint density at radius 2 is 1.78 bits per heavy atom. The normalized spacial score (nSPS) is 18.2. The number of rotatable bonds is 6. The summed E-state index contributed by atoms with van der Waals surface area (Å²) in [5.41, 5.74) is 2.46. The molecule has 1 aliphatic rings. The first kappa shape index (κ1) is 21.6. The maximum absolute atomic E-state index is 13.1. The number of morpholine rings is 1. The van der Waals surface area contributed by atoms with Gasteiger partial charge in [0.05, 0.1) is 18.7 Å². The zero-order chi connectivity index (χ0) is 22.4. The number of carbonyl (C=O) groups is 2. The number of likely N-dealkylation sites (N-methyl/N-ethyl adjacent to an activating group) is 1. The van der Waals surface area contributed by atoms with Crippen LogP contribution < -0.4 is 5.32 Å². The Morgan fingerprint density at radius 1 is 1.03 bits per heavy atom. The van der Waals surface area contributed by atoms with Gasteiger partial charge >= 0.3 is 0 Å². The van der Waals surface area contributed by atoms with E-state index in [9.17, 15) is 9.59 Å². The summed E-state index contributed by atoms with van der Waals surface area (Å²) in [5, 5.41) is 2.89. The molecular weight excluding hydrogens is 404 g/mol. The molecule has 2 amide bonds. The summed E-state index contributed by atoms with van der Waals surface area (Å²) in [7, 11) is 0. The van der Waals surface area contributed by atoms with Crippen LogP contribution in [0.1, 0.15) is 22.8 Å². The van der Waals surface area contributed by atoms with Crippen molar-refractivity contribution in [1.29, 1.82) is 0 Å². The summed E-state index contributed by atoms with van der Waals surface area (Å²) in [5.74, 6) is -0.356. The van der Waals surface area contributed by atoms with Gasteiger partial charge in [-0.3, -0.25) is 19.6 Å². The van der Waals surface area contributed by atoms with Crippen molar-refractivity contribution in [3.8, 4) is 11.1 Å². The van der Waals surface area contributed by atoms with Gasteiger partial charge in [-0.1, -0.05) is 24.3 Å². The highest BCUT2D eigenvalue weighted by Gasteiger charge is 2.45. The molecule has 0 bridgehead atoms. The quantitative estimate of drug-likeness (QED) is 0.650. The molecule has 1 saturated heterocycles. The number of benzene rings is 1. The van der Waals surface area contributed by atoms with Crippen LogP contribution in [0.3, 0.4) is 0 Å². The summed E-state index contributed by atoms with van der Waals surface area (Å²) in [6, 6.07) is 15.4. The lowest BCUT2D eigenvalue weighted by molar-refractivity contribution is -0.157. The molecule has 0 radical (unpaired) electrons. The van der Waals surface area contributed by atoms with Crippen LogP contribution in [0.5, 0.6) is 0 Å². The highest BCUT2D eigenvalue weighted by molar-refractivity contribution is 5.95. The van der Waals surface area contributed by atoms with E-state index in [0.717, 1.165) is 16.7 Å². The Labute approximate surface area is 187 Å². The predicted octanol–water partition coefficient (Wildman–Crippen LogP) is 2.73. The molecule has 0 aliphatic carbocycles. The Balaban J connectivity index is 1.57. The first-order valence-electron chi connectivity index (χ1n) is 10.7. The molecule has 0 saturated carbocycles. The minimum Gasteiger partial charge on any atom is -0.361 e. The fourth-order valence-electron chi connectivity index (χ4n) is 3.96. The molecule has 4 rings (SSSR count). The first-order valence-corrected chi connectivity index (χ1v) is 10.7. The van der Waals surface area contributed by atoms with E-state index in [4.69, 9.17) is 4.74 Å². The molecule has 1 aliphatic heterocycles. The van der Waals surface area contributed by atoms with Crippen molar-refractivity contribution in [2.75, 3.05) is 26.2 Å². The van der Waals surface area contributed by atoms with Crippen molar-refractivity contribution < 1.29 is 14.3 Å². The van der Waals surface area contributed by atoms with Crippen molar-refractivity contribution in [2.45, 2.75) is 18.9 Å². The fraction of sp³-hybridized carbons (Fsp3) is 0.280. The number of nitrogens with one attached hydrogen (secondary N) is 1. The summed E-state index contributed by atoms with van der Waals surface area (Å²) >= 11 is 0. The summed E-state index contributed by atoms with van der Waals surface area (Å²) in [6.07, 6.45) is 7.06. The molecule has 1 aromatic carbocycles. The van der Waals surface area contributed by atoms with E-state index in [-0.39, 0.29) is 25.0 Å².